The van der Waals surface area contributed by atoms with Gasteiger partial charge in [0.05, 0.1) is 0 Å². The van der Waals surface area contributed by atoms with Gasteiger partial charge in [0.2, 0.25) is 5.95 Å². The number of imidazole rings is 1. The lowest BCUT2D eigenvalue weighted by atomic mass is 10.1. The van der Waals surface area contributed by atoms with Crippen LogP contribution in [-0.2, 0) is 13.6 Å². The second-order valence-corrected chi connectivity index (χ2v) is 6.00. The van der Waals surface area contributed by atoms with E-state index in [1.807, 2.05) is 4.57 Å². The summed E-state index contributed by atoms with van der Waals surface area (Å²) < 4.78 is 3.26. The maximum absolute atomic E-state index is 12.2. The summed E-state index contributed by atoms with van der Waals surface area (Å²) in [5.74, 6) is 0.707. The number of aromatic amines is 1. The zero-order valence-corrected chi connectivity index (χ0v) is 13.3. The first kappa shape index (κ1) is 13.8. The van der Waals surface area contributed by atoms with Crippen molar-refractivity contribution in [3.05, 3.63) is 50.2 Å². The third kappa shape index (κ3) is 1.86. The lowest BCUT2D eigenvalue weighted by molar-refractivity contribution is 0.797. The van der Waals surface area contributed by atoms with E-state index in [1.54, 1.807) is 7.05 Å². The summed E-state index contributed by atoms with van der Waals surface area (Å²) in [6.07, 6.45) is 0. The molecule has 118 valence electrons. The molecule has 0 aliphatic carbocycles. The van der Waals surface area contributed by atoms with Gasteiger partial charge in [0, 0.05) is 25.8 Å². The Morgan fingerprint density at radius 1 is 1.17 bits per heavy atom. The molecule has 0 atom stereocenters. The molecule has 23 heavy (non-hydrogen) atoms. The number of aryl methyl sites for hydroxylation is 3. The summed E-state index contributed by atoms with van der Waals surface area (Å²) in [7, 11) is 1.62. The molecule has 0 amide bonds. The minimum absolute atomic E-state index is 0.385. The molecule has 0 radical (unpaired) electrons. The van der Waals surface area contributed by atoms with Crippen molar-refractivity contribution in [2.24, 2.45) is 7.05 Å². The molecule has 1 N–H and O–H groups in total. The van der Waals surface area contributed by atoms with Crippen molar-refractivity contribution in [1.82, 2.24) is 19.1 Å². The third-order valence-corrected chi connectivity index (χ3v) is 4.42. The standard InChI is InChI=1S/C16H17N5O2/c1-9-4-5-11(10(2)8-9)20-6-7-21-12-13(17-15(20)21)19(3)16(23)18-14(12)22/h4-5,8H,6-7H2,1-3H3,(H,18,22,23). The van der Waals surface area contributed by atoms with E-state index in [1.165, 1.54) is 10.1 Å². The molecule has 0 saturated heterocycles. The van der Waals surface area contributed by atoms with E-state index in [-0.39, 0.29) is 5.56 Å². The topological polar surface area (TPSA) is 75.9 Å². The van der Waals surface area contributed by atoms with Crippen molar-refractivity contribution in [3.63, 3.8) is 0 Å². The van der Waals surface area contributed by atoms with Crippen LogP contribution in [0.1, 0.15) is 11.1 Å². The highest BCUT2D eigenvalue weighted by Gasteiger charge is 2.28. The van der Waals surface area contributed by atoms with Gasteiger partial charge in [-0.25, -0.2) is 4.79 Å². The van der Waals surface area contributed by atoms with Gasteiger partial charge in [-0.2, -0.15) is 4.98 Å². The van der Waals surface area contributed by atoms with E-state index in [9.17, 15) is 9.59 Å². The fourth-order valence-corrected chi connectivity index (χ4v) is 3.28. The van der Waals surface area contributed by atoms with Gasteiger partial charge >= 0.3 is 5.69 Å². The van der Waals surface area contributed by atoms with E-state index < -0.39 is 5.69 Å². The minimum atomic E-state index is -0.447. The van der Waals surface area contributed by atoms with Crippen molar-refractivity contribution >= 4 is 22.8 Å². The lowest BCUT2D eigenvalue weighted by Crippen LogP contribution is -2.29. The molecule has 1 aliphatic rings. The van der Waals surface area contributed by atoms with E-state index in [0.29, 0.717) is 23.7 Å². The van der Waals surface area contributed by atoms with Gasteiger partial charge < -0.3 is 9.47 Å². The first-order valence-electron chi connectivity index (χ1n) is 7.51. The van der Waals surface area contributed by atoms with Gasteiger partial charge in [0.25, 0.3) is 5.56 Å². The highest BCUT2D eigenvalue weighted by Crippen LogP contribution is 2.33. The van der Waals surface area contributed by atoms with Crippen LogP contribution in [0, 0.1) is 13.8 Å². The van der Waals surface area contributed by atoms with E-state index >= 15 is 0 Å². The van der Waals surface area contributed by atoms with Gasteiger partial charge in [-0.15, -0.1) is 0 Å². The zero-order valence-electron chi connectivity index (χ0n) is 13.3. The van der Waals surface area contributed by atoms with Crippen LogP contribution in [0.4, 0.5) is 11.6 Å². The third-order valence-electron chi connectivity index (χ3n) is 4.42. The Kier molecular flexibility index (Phi) is 2.75. The Labute approximate surface area is 131 Å². The number of hydrogen-bond acceptors (Lipinski definition) is 4. The van der Waals surface area contributed by atoms with Crippen molar-refractivity contribution in [1.29, 1.82) is 0 Å². The molecule has 3 aromatic rings. The molecular formula is C16H17N5O2. The molecule has 4 rings (SSSR count). The number of H-pyrrole nitrogens is 1. The monoisotopic (exact) mass is 311 g/mol. The van der Waals surface area contributed by atoms with Crippen LogP contribution in [0.15, 0.2) is 27.8 Å². The van der Waals surface area contributed by atoms with Crippen molar-refractivity contribution < 1.29 is 0 Å². The summed E-state index contributed by atoms with van der Waals surface area (Å²) in [5, 5.41) is 0. The molecule has 0 saturated carbocycles. The maximum atomic E-state index is 12.2. The Hall–Kier alpha value is -2.83. The Bertz CT molecular complexity index is 1060. The Morgan fingerprint density at radius 3 is 2.70 bits per heavy atom. The fraction of sp³-hybridized carbons (Fsp3) is 0.312. The van der Waals surface area contributed by atoms with Crippen molar-refractivity contribution in [3.8, 4) is 0 Å². The molecule has 0 spiro atoms. The molecule has 2 aromatic heterocycles. The van der Waals surface area contributed by atoms with Gasteiger partial charge in [-0.1, -0.05) is 17.7 Å². The van der Waals surface area contributed by atoms with Crippen LogP contribution in [0.5, 0.6) is 0 Å². The number of anilines is 2. The van der Waals surface area contributed by atoms with Gasteiger partial charge in [0.1, 0.15) is 0 Å². The number of aromatic nitrogens is 4. The van der Waals surface area contributed by atoms with Crippen molar-refractivity contribution in [2.75, 3.05) is 11.4 Å². The van der Waals surface area contributed by atoms with Crippen LogP contribution in [0.2, 0.25) is 0 Å². The minimum Gasteiger partial charge on any atom is -0.310 e. The molecule has 0 unspecified atom stereocenters. The fourth-order valence-electron chi connectivity index (χ4n) is 3.28. The molecule has 7 heteroatoms. The summed E-state index contributed by atoms with van der Waals surface area (Å²) >= 11 is 0. The second kappa shape index (κ2) is 4.58. The van der Waals surface area contributed by atoms with E-state index in [0.717, 1.165) is 17.8 Å². The number of benzene rings is 1. The van der Waals surface area contributed by atoms with Crippen LogP contribution in [-0.4, -0.2) is 25.6 Å². The normalized spacial score (nSPS) is 13.8. The van der Waals surface area contributed by atoms with Gasteiger partial charge in [-0.05, 0) is 25.5 Å². The average Bonchev–Trinajstić information content (AvgIpc) is 3.04. The highest BCUT2D eigenvalue weighted by atomic mass is 16.2. The van der Waals surface area contributed by atoms with Gasteiger partial charge in [0.15, 0.2) is 11.2 Å². The summed E-state index contributed by atoms with van der Waals surface area (Å²) in [5.41, 5.74) is 3.48. The summed E-state index contributed by atoms with van der Waals surface area (Å²) in [4.78, 5) is 33.0. The SMILES string of the molecule is Cc1ccc(N2CCn3c2nc2c3c(=O)[nH]c(=O)n2C)c(C)c1. The van der Waals surface area contributed by atoms with E-state index in [2.05, 4.69) is 46.9 Å². The predicted molar refractivity (Wildman–Crippen MR) is 88.5 cm³/mol. The van der Waals surface area contributed by atoms with Crippen LogP contribution in [0.25, 0.3) is 11.2 Å². The average molecular weight is 311 g/mol. The quantitative estimate of drug-likeness (QED) is 0.732. The zero-order chi connectivity index (χ0) is 16.3. The molecule has 0 bridgehead atoms. The summed E-state index contributed by atoms with van der Waals surface area (Å²) in [6, 6.07) is 6.27. The first-order valence-corrected chi connectivity index (χ1v) is 7.51. The Morgan fingerprint density at radius 2 is 1.96 bits per heavy atom. The van der Waals surface area contributed by atoms with Crippen LogP contribution >= 0.6 is 0 Å². The summed E-state index contributed by atoms with van der Waals surface area (Å²) in [6.45, 7) is 5.55. The number of fused-ring (bicyclic) bond motifs is 3. The number of rotatable bonds is 1. The first-order chi connectivity index (χ1) is 11.0. The van der Waals surface area contributed by atoms with Crippen LogP contribution < -0.4 is 16.1 Å². The molecule has 7 nitrogen and oxygen atoms in total. The molecule has 1 aliphatic heterocycles. The molecule has 1 aromatic carbocycles. The molecule has 0 fully saturated rings. The van der Waals surface area contributed by atoms with Crippen molar-refractivity contribution in [2.45, 2.75) is 20.4 Å². The number of nitrogens with one attached hydrogen (secondary N) is 1. The number of nitrogens with zero attached hydrogens (tertiary/aromatic N) is 4. The molecule has 3 heterocycles. The van der Waals surface area contributed by atoms with Crippen LogP contribution in [0.3, 0.4) is 0 Å². The van der Waals surface area contributed by atoms with E-state index in [4.69, 9.17) is 0 Å². The lowest BCUT2D eigenvalue weighted by Gasteiger charge is -2.19. The Balaban J connectivity index is 1.98. The smallest absolute Gasteiger partial charge is 0.310 e. The predicted octanol–water partition coefficient (Wildman–Crippen LogP) is 1.19. The largest absolute Gasteiger partial charge is 0.329 e. The van der Waals surface area contributed by atoms with Gasteiger partial charge in [-0.3, -0.25) is 14.3 Å². The number of hydrogen-bond donors (Lipinski definition) is 1. The molecular weight excluding hydrogens is 294 g/mol. The second-order valence-electron chi connectivity index (χ2n) is 6.00. The highest BCUT2D eigenvalue weighted by molar-refractivity contribution is 5.78. The maximum Gasteiger partial charge on any atom is 0.329 e.